The average Bonchev–Trinajstić information content (AvgIpc) is 3.10. The van der Waals surface area contributed by atoms with E-state index < -0.39 is 0 Å². The molecule has 5 heteroatoms. The smallest absolute Gasteiger partial charge is 0.226 e. The van der Waals surface area contributed by atoms with Gasteiger partial charge in [-0.3, -0.25) is 9.78 Å². The predicted octanol–water partition coefficient (Wildman–Crippen LogP) is 4.08. The molecule has 4 fully saturated rings. The number of hydrogen-bond acceptors (Lipinski definition) is 4. The van der Waals surface area contributed by atoms with Gasteiger partial charge < -0.3 is 5.32 Å². The van der Waals surface area contributed by atoms with Gasteiger partial charge >= 0.3 is 0 Å². The molecule has 4 saturated carbocycles. The standard InChI is InChI=1S/C21H25N3OS/c25-20(21-10-14-7-15(11-21)9-16(8-14)12-21)23-6-4-19-24-18(13-26-19)17-3-1-2-5-22-17/h1-3,5,13-16H,4,6-12H2,(H,23,25). The normalized spacial score (nSPS) is 31.9. The van der Waals surface area contributed by atoms with Crippen molar-refractivity contribution in [1.82, 2.24) is 15.3 Å². The third-order valence-corrected chi connectivity index (χ3v) is 7.53. The van der Waals surface area contributed by atoms with Gasteiger partial charge in [-0.05, 0) is 68.4 Å². The second kappa shape index (κ2) is 6.45. The van der Waals surface area contributed by atoms with Gasteiger partial charge in [-0.15, -0.1) is 11.3 Å². The van der Waals surface area contributed by atoms with Gasteiger partial charge in [0, 0.05) is 30.0 Å². The molecule has 1 N–H and O–H groups in total. The lowest BCUT2D eigenvalue weighted by molar-refractivity contribution is -0.146. The molecule has 2 aromatic rings. The van der Waals surface area contributed by atoms with Crippen LogP contribution in [-0.2, 0) is 11.2 Å². The molecule has 0 aromatic carbocycles. The van der Waals surface area contributed by atoms with Crippen molar-refractivity contribution in [2.45, 2.75) is 44.9 Å². The highest BCUT2D eigenvalue weighted by atomic mass is 32.1. The van der Waals surface area contributed by atoms with E-state index in [1.165, 1.54) is 19.3 Å². The molecule has 1 amide bonds. The Kier molecular flexibility index (Phi) is 4.07. The number of carbonyl (C=O) groups is 1. The maximum Gasteiger partial charge on any atom is 0.226 e. The number of pyridine rings is 1. The molecule has 0 spiro atoms. The molecule has 136 valence electrons. The van der Waals surface area contributed by atoms with E-state index in [-0.39, 0.29) is 5.41 Å². The number of nitrogens with zero attached hydrogens (tertiary/aromatic N) is 2. The third-order valence-electron chi connectivity index (χ3n) is 6.62. The van der Waals surface area contributed by atoms with E-state index in [9.17, 15) is 4.79 Å². The van der Waals surface area contributed by atoms with Crippen LogP contribution < -0.4 is 5.32 Å². The fourth-order valence-electron chi connectivity index (χ4n) is 5.92. The van der Waals surface area contributed by atoms with E-state index in [4.69, 9.17) is 0 Å². The molecule has 26 heavy (non-hydrogen) atoms. The average molecular weight is 368 g/mol. The molecule has 6 rings (SSSR count). The fraction of sp³-hybridized carbons (Fsp3) is 0.571. The number of thiazole rings is 1. The van der Waals surface area contributed by atoms with E-state index in [0.29, 0.717) is 12.5 Å². The minimum absolute atomic E-state index is 0.0449. The molecule has 4 aliphatic carbocycles. The zero-order valence-electron chi connectivity index (χ0n) is 15.0. The number of nitrogens with one attached hydrogen (secondary N) is 1. The monoisotopic (exact) mass is 367 g/mol. The first-order valence-corrected chi connectivity index (χ1v) is 10.7. The summed E-state index contributed by atoms with van der Waals surface area (Å²) in [6.07, 6.45) is 10.1. The molecule has 0 radical (unpaired) electrons. The highest BCUT2D eigenvalue weighted by Crippen LogP contribution is 2.60. The first kappa shape index (κ1) is 16.4. The Hall–Kier alpha value is -1.75. The van der Waals surface area contributed by atoms with Crippen molar-refractivity contribution in [3.8, 4) is 11.4 Å². The molecule has 4 nitrogen and oxygen atoms in total. The van der Waals surface area contributed by atoms with Gasteiger partial charge in [-0.2, -0.15) is 0 Å². The van der Waals surface area contributed by atoms with Crippen molar-refractivity contribution in [1.29, 1.82) is 0 Å². The van der Waals surface area contributed by atoms with Crippen molar-refractivity contribution in [2.75, 3.05) is 6.54 Å². The van der Waals surface area contributed by atoms with Gasteiger partial charge in [0.1, 0.15) is 0 Å². The lowest BCUT2D eigenvalue weighted by Crippen LogP contribution is -2.53. The zero-order chi connectivity index (χ0) is 17.6. The number of rotatable bonds is 5. The van der Waals surface area contributed by atoms with Gasteiger partial charge in [0.15, 0.2) is 0 Å². The minimum atomic E-state index is -0.0449. The van der Waals surface area contributed by atoms with E-state index >= 15 is 0 Å². The van der Waals surface area contributed by atoms with Gasteiger partial charge in [0.25, 0.3) is 0 Å². The summed E-state index contributed by atoms with van der Waals surface area (Å²) in [6, 6.07) is 5.87. The first-order chi connectivity index (χ1) is 12.7. The van der Waals surface area contributed by atoms with Crippen molar-refractivity contribution < 1.29 is 4.79 Å². The summed E-state index contributed by atoms with van der Waals surface area (Å²) in [5.41, 5.74) is 1.79. The van der Waals surface area contributed by atoms with Crippen LogP contribution in [0.5, 0.6) is 0 Å². The van der Waals surface area contributed by atoms with Crippen molar-refractivity contribution >= 4 is 17.2 Å². The maximum absolute atomic E-state index is 13.0. The Labute approximate surface area is 158 Å². The van der Waals surface area contributed by atoms with Crippen LogP contribution >= 0.6 is 11.3 Å². The highest BCUT2D eigenvalue weighted by molar-refractivity contribution is 7.09. The molecule has 4 bridgehead atoms. The van der Waals surface area contributed by atoms with Crippen molar-refractivity contribution in [3.63, 3.8) is 0 Å². The van der Waals surface area contributed by atoms with Crippen molar-refractivity contribution in [2.24, 2.45) is 23.2 Å². The lowest BCUT2D eigenvalue weighted by Gasteiger charge is -2.55. The van der Waals surface area contributed by atoms with E-state index in [1.54, 1.807) is 17.5 Å². The highest BCUT2D eigenvalue weighted by Gasteiger charge is 2.54. The van der Waals surface area contributed by atoms with Crippen LogP contribution in [-0.4, -0.2) is 22.4 Å². The van der Waals surface area contributed by atoms with Crippen LogP contribution in [0.15, 0.2) is 29.8 Å². The second-order valence-electron chi connectivity index (χ2n) is 8.55. The summed E-state index contributed by atoms with van der Waals surface area (Å²) in [6.45, 7) is 0.690. The van der Waals surface area contributed by atoms with E-state index in [1.807, 2.05) is 18.2 Å². The Morgan fingerprint density at radius 1 is 1.12 bits per heavy atom. The third kappa shape index (κ3) is 2.96. The summed E-state index contributed by atoms with van der Waals surface area (Å²) < 4.78 is 0. The van der Waals surface area contributed by atoms with Gasteiger partial charge in [-0.25, -0.2) is 4.98 Å². The van der Waals surface area contributed by atoms with Crippen LogP contribution in [0.4, 0.5) is 0 Å². The number of aromatic nitrogens is 2. The van der Waals surface area contributed by atoms with Crippen molar-refractivity contribution in [3.05, 3.63) is 34.8 Å². The summed E-state index contributed by atoms with van der Waals surface area (Å²) in [5.74, 6) is 2.75. The maximum atomic E-state index is 13.0. The zero-order valence-corrected chi connectivity index (χ0v) is 15.8. The summed E-state index contributed by atoms with van der Waals surface area (Å²) >= 11 is 1.65. The summed E-state index contributed by atoms with van der Waals surface area (Å²) in [7, 11) is 0. The SMILES string of the molecule is O=C(NCCc1nc(-c2ccccn2)cs1)C12CC3CC(CC(C3)C1)C2. The minimum Gasteiger partial charge on any atom is -0.355 e. The molecular formula is C21H25N3OS. The molecule has 2 heterocycles. The van der Waals surface area contributed by atoms with Crippen LogP contribution in [0.25, 0.3) is 11.4 Å². The first-order valence-electron chi connectivity index (χ1n) is 9.84. The predicted molar refractivity (Wildman–Crippen MR) is 103 cm³/mol. The molecule has 0 saturated heterocycles. The molecule has 0 aliphatic heterocycles. The number of hydrogen-bond donors (Lipinski definition) is 1. The molecular weight excluding hydrogens is 342 g/mol. The fourth-order valence-corrected chi connectivity index (χ4v) is 6.71. The molecule has 2 aromatic heterocycles. The quantitative estimate of drug-likeness (QED) is 0.866. The summed E-state index contributed by atoms with van der Waals surface area (Å²) in [5, 5.41) is 6.37. The Morgan fingerprint density at radius 2 is 1.85 bits per heavy atom. The molecule has 0 atom stereocenters. The van der Waals surface area contributed by atoms with Gasteiger partial charge in [0.2, 0.25) is 5.91 Å². The topological polar surface area (TPSA) is 54.9 Å². The Bertz CT molecular complexity index is 765. The van der Waals surface area contributed by atoms with Crippen LogP contribution in [0.1, 0.15) is 43.5 Å². The molecule has 4 aliphatic rings. The summed E-state index contributed by atoms with van der Waals surface area (Å²) in [4.78, 5) is 22.0. The lowest BCUT2D eigenvalue weighted by atomic mass is 9.49. The van der Waals surface area contributed by atoms with E-state index in [2.05, 4.69) is 20.7 Å². The number of carbonyl (C=O) groups excluding carboxylic acids is 1. The van der Waals surface area contributed by atoms with Gasteiger partial charge in [0.05, 0.1) is 16.4 Å². The molecule has 0 unspecified atom stereocenters. The second-order valence-corrected chi connectivity index (χ2v) is 9.49. The van der Waals surface area contributed by atoms with E-state index in [0.717, 1.165) is 59.8 Å². The van der Waals surface area contributed by atoms with Crippen LogP contribution in [0.3, 0.4) is 0 Å². The Balaban J connectivity index is 1.19. The Morgan fingerprint density at radius 3 is 2.50 bits per heavy atom. The van der Waals surface area contributed by atoms with Gasteiger partial charge in [-0.1, -0.05) is 6.07 Å². The van der Waals surface area contributed by atoms with Crippen LogP contribution in [0, 0.1) is 23.2 Å². The number of amides is 1. The van der Waals surface area contributed by atoms with Crippen LogP contribution in [0.2, 0.25) is 0 Å². The largest absolute Gasteiger partial charge is 0.355 e.